The van der Waals surface area contributed by atoms with Crippen molar-refractivity contribution >= 4 is 40.0 Å². The molecule has 8 heteroatoms. The number of benzene rings is 2. The Kier molecular flexibility index (Phi) is 9.75. The average molecular weight is 502 g/mol. The molecule has 0 radical (unpaired) electrons. The molecule has 0 aliphatic carbocycles. The first-order chi connectivity index (χ1) is 12.4. The fraction of sp³-hybridized carbons (Fsp3) is 0.316. The molecule has 0 unspecified atom stereocenters. The molecule has 0 heterocycles. The van der Waals surface area contributed by atoms with Gasteiger partial charge >= 0.3 is 0 Å². The number of guanidine groups is 1. The smallest absolute Gasteiger partial charge is 0.215 e. The Balaban J connectivity index is 0.00000364. The van der Waals surface area contributed by atoms with Crippen molar-refractivity contribution in [3.8, 4) is 0 Å². The van der Waals surface area contributed by atoms with Gasteiger partial charge in [0.25, 0.3) is 0 Å². The Morgan fingerprint density at radius 3 is 2.11 bits per heavy atom. The lowest BCUT2D eigenvalue weighted by Crippen LogP contribution is -2.36. The van der Waals surface area contributed by atoms with Gasteiger partial charge in [-0.25, -0.2) is 18.1 Å². The third-order valence-electron chi connectivity index (χ3n) is 3.82. The van der Waals surface area contributed by atoms with Crippen molar-refractivity contribution in [1.82, 2.24) is 14.9 Å². The van der Waals surface area contributed by atoms with E-state index in [2.05, 4.69) is 27.2 Å². The molecule has 27 heavy (non-hydrogen) atoms. The highest BCUT2D eigenvalue weighted by Crippen LogP contribution is 2.08. The van der Waals surface area contributed by atoms with Crippen LogP contribution < -0.4 is 10.0 Å². The van der Waals surface area contributed by atoms with E-state index in [0.29, 0.717) is 13.1 Å². The first-order valence-corrected chi connectivity index (χ1v) is 10.0. The summed E-state index contributed by atoms with van der Waals surface area (Å²) in [5, 5.41) is 3.33. The summed E-state index contributed by atoms with van der Waals surface area (Å²) in [6.45, 7) is 1.23. The van der Waals surface area contributed by atoms with Gasteiger partial charge in [-0.05, 0) is 23.7 Å². The van der Waals surface area contributed by atoms with Gasteiger partial charge in [-0.15, -0.1) is 24.0 Å². The second-order valence-corrected chi connectivity index (χ2v) is 8.08. The van der Waals surface area contributed by atoms with Gasteiger partial charge in [-0.2, -0.15) is 0 Å². The fourth-order valence-corrected chi connectivity index (χ4v) is 3.11. The zero-order valence-electron chi connectivity index (χ0n) is 15.8. The quantitative estimate of drug-likeness (QED) is 0.347. The van der Waals surface area contributed by atoms with Crippen LogP contribution in [-0.2, 0) is 28.9 Å². The van der Waals surface area contributed by atoms with E-state index >= 15 is 0 Å². The number of halogens is 1. The molecule has 2 N–H and O–H groups in total. The van der Waals surface area contributed by atoms with E-state index in [4.69, 9.17) is 0 Å². The summed E-state index contributed by atoms with van der Waals surface area (Å²) in [6.07, 6.45) is 0. The van der Waals surface area contributed by atoms with Gasteiger partial charge in [0.05, 0.1) is 12.3 Å². The maximum atomic E-state index is 11.6. The van der Waals surface area contributed by atoms with Gasteiger partial charge in [0, 0.05) is 20.6 Å². The van der Waals surface area contributed by atoms with Gasteiger partial charge in [0.2, 0.25) is 10.0 Å². The van der Waals surface area contributed by atoms with E-state index in [1.54, 1.807) is 0 Å². The van der Waals surface area contributed by atoms with Gasteiger partial charge < -0.3 is 10.2 Å². The second-order valence-electron chi connectivity index (χ2n) is 6.15. The number of rotatable bonds is 7. The molecular weight excluding hydrogens is 475 g/mol. The Hall–Kier alpha value is -1.65. The van der Waals surface area contributed by atoms with E-state index in [-0.39, 0.29) is 29.7 Å². The lowest BCUT2D eigenvalue weighted by atomic mass is 10.1. The van der Waals surface area contributed by atoms with E-state index in [1.807, 2.05) is 61.5 Å². The van der Waals surface area contributed by atoms with E-state index in [1.165, 1.54) is 7.05 Å². The number of hydrogen-bond donors (Lipinski definition) is 2. The monoisotopic (exact) mass is 502 g/mol. The molecular formula is C19H27IN4O2S. The molecule has 2 aromatic rings. The van der Waals surface area contributed by atoms with Crippen LogP contribution >= 0.6 is 24.0 Å². The molecule has 2 aromatic carbocycles. The normalized spacial score (nSPS) is 11.6. The number of hydrogen-bond acceptors (Lipinski definition) is 3. The standard InChI is InChI=1S/C19H26N4O2S.HI/c1-20-26(24,25)15-18-11-9-17(10-12-18)14-22-19(23(2)3)21-13-16-7-5-4-6-8-16;/h4-12,20H,13-15H2,1-3H3,(H,21,22);1H. The van der Waals surface area contributed by atoms with Crippen molar-refractivity contribution in [3.63, 3.8) is 0 Å². The third-order valence-corrected chi connectivity index (χ3v) is 5.15. The number of aliphatic imine (C=N–C) groups is 1. The highest BCUT2D eigenvalue weighted by molar-refractivity contribution is 14.0. The topological polar surface area (TPSA) is 73.8 Å². The molecule has 0 aliphatic rings. The minimum atomic E-state index is -3.25. The summed E-state index contributed by atoms with van der Waals surface area (Å²) in [5.74, 6) is 0.786. The van der Waals surface area contributed by atoms with E-state index in [0.717, 1.165) is 22.6 Å². The minimum absolute atomic E-state index is 0. The first-order valence-electron chi connectivity index (χ1n) is 8.38. The Morgan fingerprint density at radius 1 is 0.963 bits per heavy atom. The van der Waals surface area contributed by atoms with Crippen LogP contribution in [0.25, 0.3) is 0 Å². The van der Waals surface area contributed by atoms with Crippen LogP contribution in [0, 0.1) is 0 Å². The molecule has 0 fully saturated rings. The maximum absolute atomic E-state index is 11.6. The van der Waals surface area contributed by atoms with Crippen LogP contribution in [0.15, 0.2) is 59.6 Å². The summed E-state index contributed by atoms with van der Waals surface area (Å²) >= 11 is 0. The molecule has 0 amide bonds. The molecule has 0 saturated carbocycles. The zero-order valence-corrected chi connectivity index (χ0v) is 19.0. The van der Waals surface area contributed by atoms with Crippen molar-refractivity contribution in [2.24, 2.45) is 4.99 Å². The molecule has 0 spiro atoms. The highest BCUT2D eigenvalue weighted by atomic mass is 127. The minimum Gasteiger partial charge on any atom is -0.352 e. The Morgan fingerprint density at radius 2 is 1.56 bits per heavy atom. The SMILES string of the molecule is CNS(=O)(=O)Cc1ccc(CNC(=NCc2ccccc2)N(C)C)cc1.I. The molecule has 148 valence electrons. The summed E-state index contributed by atoms with van der Waals surface area (Å²) in [6, 6.07) is 17.6. The fourth-order valence-electron chi connectivity index (χ4n) is 2.33. The van der Waals surface area contributed by atoms with Gasteiger partial charge in [0.15, 0.2) is 5.96 Å². The Labute approximate surface area is 179 Å². The lowest BCUT2D eigenvalue weighted by Gasteiger charge is -2.18. The highest BCUT2D eigenvalue weighted by Gasteiger charge is 2.08. The number of nitrogens with zero attached hydrogens (tertiary/aromatic N) is 2. The summed E-state index contributed by atoms with van der Waals surface area (Å²) in [5.41, 5.74) is 2.97. The summed E-state index contributed by atoms with van der Waals surface area (Å²) in [7, 11) is 2.07. The third kappa shape index (κ3) is 8.27. The molecule has 6 nitrogen and oxygen atoms in total. The van der Waals surface area contributed by atoms with Crippen molar-refractivity contribution in [2.75, 3.05) is 21.1 Å². The molecule has 0 aromatic heterocycles. The van der Waals surface area contributed by atoms with Crippen LogP contribution in [-0.4, -0.2) is 40.4 Å². The van der Waals surface area contributed by atoms with Crippen LogP contribution in [0.2, 0.25) is 0 Å². The predicted octanol–water partition coefficient (Wildman–Crippen LogP) is 2.56. The average Bonchev–Trinajstić information content (AvgIpc) is 2.63. The largest absolute Gasteiger partial charge is 0.352 e. The van der Waals surface area contributed by atoms with Gasteiger partial charge in [0.1, 0.15) is 0 Å². The van der Waals surface area contributed by atoms with Crippen LogP contribution in [0.1, 0.15) is 16.7 Å². The molecule has 0 saturated heterocycles. The van der Waals surface area contributed by atoms with Crippen LogP contribution in [0.3, 0.4) is 0 Å². The molecule has 0 bridgehead atoms. The lowest BCUT2D eigenvalue weighted by molar-refractivity contribution is 0.578. The van der Waals surface area contributed by atoms with Gasteiger partial charge in [-0.1, -0.05) is 54.6 Å². The second kappa shape index (κ2) is 11.3. The van der Waals surface area contributed by atoms with Crippen molar-refractivity contribution in [3.05, 3.63) is 71.3 Å². The molecule has 0 atom stereocenters. The van der Waals surface area contributed by atoms with Crippen molar-refractivity contribution in [1.29, 1.82) is 0 Å². The number of sulfonamides is 1. The van der Waals surface area contributed by atoms with Gasteiger partial charge in [-0.3, -0.25) is 0 Å². The van der Waals surface area contributed by atoms with Crippen molar-refractivity contribution < 1.29 is 8.42 Å². The molecule has 0 aliphatic heterocycles. The van der Waals surface area contributed by atoms with Crippen LogP contribution in [0.5, 0.6) is 0 Å². The molecule has 2 rings (SSSR count). The van der Waals surface area contributed by atoms with Crippen molar-refractivity contribution in [2.45, 2.75) is 18.8 Å². The maximum Gasteiger partial charge on any atom is 0.215 e. The zero-order chi connectivity index (χ0) is 19.0. The summed E-state index contributed by atoms with van der Waals surface area (Å²) < 4.78 is 25.5. The first kappa shape index (κ1) is 23.4. The summed E-state index contributed by atoms with van der Waals surface area (Å²) in [4.78, 5) is 6.57. The Bertz CT molecular complexity index is 823. The number of nitrogens with one attached hydrogen (secondary N) is 2. The van der Waals surface area contributed by atoms with E-state index < -0.39 is 10.0 Å². The van der Waals surface area contributed by atoms with E-state index in [9.17, 15) is 8.42 Å². The van der Waals surface area contributed by atoms with Crippen LogP contribution in [0.4, 0.5) is 0 Å². The predicted molar refractivity (Wildman–Crippen MR) is 122 cm³/mol.